The van der Waals surface area contributed by atoms with Crippen LogP contribution in [-0.4, -0.2) is 35.4 Å². The molecule has 1 unspecified atom stereocenters. The summed E-state index contributed by atoms with van der Waals surface area (Å²) in [6.07, 6.45) is 2.64. The Morgan fingerprint density at radius 3 is 3.10 bits per heavy atom. The summed E-state index contributed by atoms with van der Waals surface area (Å²) in [5.41, 5.74) is 0.646. The summed E-state index contributed by atoms with van der Waals surface area (Å²) in [4.78, 5) is 29.6. The van der Waals surface area contributed by atoms with E-state index in [1.807, 2.05) is 19.4 Å². The standard InChI is InChI=1S/C13H18N4O2S/c1-3-4-14-11(18)9-16(2)8-10-7-12(19)17-5-6-20-13(17)15-10/h5-7H,3-4,8-9H2,1-2H3,(H,14,18)/p+1. The van der Waals surface area contributed by atoms with Crippen molar-refractivity contribution in [2.24, 2.45) is 0 Å². The molecule has 1 atom stereocenters. The van der Waals surface area contributed by atoms with Crippen molar-refractivity contribution in [1.82, 2.24) is 14.7 Å². The van der Waals surface area contributed by atoms with Gasteiger partial charge >= 0.3 is 0 Å². The number of hydrogen-bond donors (Lipinski definition) is 2. The third-order valence-electron chi connectivity index (χ3n) is 2.87. The van der Waals surface area contributed by atoms with Gasteiger partial charge in [0.05, 0.1) is 7.05 Å². The third-order valence-corrected chi connectivity index (χ3v) is 3.63. The Bertz CT molecular complexity index is 649. The van der Waals surface area contributed by atoms with E-state index in [1.165, 1.54) is 21.8 Å². The third kappa shape index (κ3) is 3.64. The lowest BCUT2D eigenvalue weighted by molar-refractivity contribution is -0.885. The van der Waals surface area contributed by atoms with Crippen molar-refractivity contribution < 1.29 is 9.69 Å². The molecule has 0 spiro atoms. The summed E-state index contributed by atoms with van der Waals surface area (Å²) in [6.45, 7) is 3.66. The van der Waals surface area contributed by atoms with Crippen LogP contribution in [0, 0.1) is 0 Å². The number of thiazole rings is 1. The molecule has 0 aromatic carbocycles. The zero-order valence-electron chi connectivity index (χ0n) is 11.7. The first-order valence-corrected chi connectivity index (χ1v) is 7.52. The molecule has 0 radical (unpaired) electrons. The monoisotopic (exact) mass is 295 g/mol. The zero-order valence-corrected chi connectivity index (χ0v) is 12.5. The van der Waals surface area contributed by atoms with Crippen LogP contribution in [0.1, 0.15) is 19.0 Å². The number of carbonyl (C=O) groups is 1. The Morgan fingerprint density at radius 1 is 1.55 bits per heavy atom. The van der Waals surface area contributed by atoms with Gasteiger partial charge < -0.3 is 10.2 Å². The fourth-order valence-electron chi connectivity index (χ4n) is 1.95. The smallest absolute Gasteiger partial charge is 0.275 e. The van der Waals surface area contributed by atoms with E-state index in [1.54, 1.807) is 6.20 Å². The quantitative estimate of drug-likeness (QED) is 0.740. The number of aromatic nitrogens is 2. The van der Waals surface area contributed by atoms with Gasteiger partial charge in [0.15, 0.2) is 11.5 Å². The number of carbonyl (C=O) groups excluding carboxylic acids is 1. The second kappa shape index (κ2) is 6.62. The van der Waals surface area contributed by atoms with Crippen LogP contribution in [0.15, 0.2) is 22.4 Å². The van der Waals surface area contributed by atoms with Gasteiger partial charge in [-0.15, -0.1) is 11.3 Å². The average Bonchev–Trinajstić information content (AvgIpc) is 2.84. The predicted octanol–water partition coefficient (Wildman–Crippen LogP) is -0.703. The van der Waals surface area contributed by atoms with E-state index >= 15 is 0 Å². The molecule has 6 nitrogen and oxygen atoms in total. The molecule has 20 heavy (non-hydrogen) atoms. The summed E-state index contributed by atoms with van der Waals surface area (Å²) >= 11 is 1.43. The molecule has 0 saturated heterocycles. The first kappa shape index (κ1) is 14.7. The van der Waals surface area contributed by atoms with E-state index < -0.39 is 0 Å². The van der Waals surface area contributed by atoms with Crippen LogP contribution >= 0.6 is 11.3 Å². The van der Waals surface area contributed by atoms with Gasteiger partial charge in [-0.3, -0.25) is 14.0 Å². The van der Waals surface area contributed by atoms with Crippen molar-refractivity contribution in [3.8, 4) is 0 Å². The maximum Gasteiger partial charge on any atom is 0.275 e. The van der Waals surface area contributed by atoms with Gasteiger partial charge in [-0.1, -0.05) is 6.92 Å². The molecule has 2 aromatic heterocycles. The van der Waals surface area contributed by atoms with Crippen molar-refractivity contribution in [3.05, 3.63) is 33.7 Å². The van der Waals surface area contributed by atoms with E-state index in [0.29, 0.717) is 24.6 Å². The summed E-state index contributed by atoms with van der Waals surface area (Å²) in [5, 5.41) is 4.68. The minimum atomic E-state index is -0.0746. The summed E-state index contributed by atoms with van der Waals surface area (Å²) < 4.78 is 1.53. The van der Waals surface area contributed by atoms with E-state index in [0.717, 1.165) is 17.0 Å². The molecule has 7 heteroatoms. The van der Waals surface area contributed by atoms with E-state index in [9.17, 15) is 9.59 Å². The lowest BCUT2D eigenvalue weighted by Gasteiger charge is -2.13. The molecule has 2 aromatic rings. The highest BCUT2D eigenvalue weighted by Gasteiger charge is 2.12. The fraction of sp³-hybridized carbons (Fsp3) is 0.462. The second-order valence-corrected chi connectivity index (χ2v) is 5.67. The Balaban J connectivity index is 2.00. The largest absolute Gasteiger partial charge is 0.351 e. The number of quaternary nitrogens is 1. The minimum absolute atomic E-state index is 0.0262. The lowest BCUT2D eigenvalue weighted by Crippen LogP contribution is -3.09. The molecule has 0 saturated carbocycles. The Labute approximate surface area is 121 Å². The topological polar surface area (TPSA) is 67.9 Å². The first-order chi connectivity index (χ1) is 9.60. The molecular formula is C13H19N4O2S+. The van der Waals surface area contributed by atoms with Crippen LogP contribution < -0.4 is 15.8 Å². The van der Waals surface area contributed by atoms with E-state index in [4.69, 9.17) is 0 Å². The van der Waals surface area contributed by atoms with Gasteiger partial charge in [-0.25, -0.2) is 4.98 Å². The van der Waals surface area contributed by atoms with Crippen molar-refractivity contribution in [2.75, 3.05) is 20.1 Å². The van der Waals surface area contributed by atoms with Crippen LogP contribution in [0.4, 0.5) is 0 Å². The zero-order chi connectivity index (χ0) is 14.5. The van der Waals surface area contributed by atoms with Crippen molar-refractivity contribution in [3.63, 3.8) is 0 Å². The van der Waals surface area contributed by atoms with Gasteiger partial charge in [-0.2, -0.15) is 0 Å². The van der Waals surface area contributed by atoms with Crippen LogP contribution in [0.3, 0.4) is 0 Å². The molecule has 1 amide bonds. The Hall–Kier alpha value is -1.73. The second-order valence-electron chi connectivity index (χ2n) is 4.80. The van der Waals surface area contributed by atoms with Gasteiger partial charge in [0.25, 0.3) is 11.5 Å². The molecule has 2 N–H and O–H groups in total. The normalized spacial score (nSPS) is 12.5. The van der Waals surface area contributed by atoms with Crippen molar-refractivity contribution >= 4 is 22.2 Å². The molecule has 2 rings (SSSR count). The molecule has 2 heterocycles. The number of hydrogen-bond acceptors (Lipinski definition) is 4. The highest BCUT2D eigenvalue weighted by molar-refractivity contribution is 7.15. The first-order valence-electron chi connectivity index (χ1n) is 6.64. The Kier molecular flexibility index (Phi) is 4.86. The number of rotatable bonds is 6. The maximum absolute atomic E-state index is 11.8. The SMILES string of the molecule is CCCNC(=O)C[NH+](C)Cc1cc(=O)n2ccsc2n1. The van der Waals surface area contributed by atoms with Gasteiger partial charge in [-0.05, 0) is 6.42 Å². The highest BCUT2D eigenvalue weighted by atomic mass is 32.1. The van der Waals surface area contributed by atoms with E-state index in [-0.39, 0.29) is 11.5 Å². The molecule has 0 aliphatic rings. The highest BCUT2D eigenvalue weighted by Crippen LogP contribution is 2.05. The molecular weight excluding hydrogens is 276 g/mol. The number of nitrogens with one attached hydrogen (secondary N) is 2. The summed E-state index contributed by atoms with van der Waals surface area (Å²) in [5.74, 6) is 0.0262. The van der Waals surface area contributed by atoms with Crippen LogP contribution in [0.5, 0.6) is 0 Å². The van der Waals surface area contributed by atoms with E-state index in [2.05, 4.69) is 10.3 Å². The van der Waals surface area contributed by atoms with Crippen molar-refractivity contribution in [2.45, 2.75) is 19.9 Å². The molecule has 0 fully saturated rings. The Morgan fingerprint density at radius 2 is 2.35 bits per heavy atom. The number of likely N-dealkylation sites (N-methyl/N-ethyl adjacent to an activating group) is 1. The van der Waals surface area contributed by atoms with Crippen LogP contribution in [-0.2, 0) is 11.3 Å². The summed E-state index contributed by atoms with van der Waals surface area (Å²) in [6, 6.07) is 1.53. The van der Waals surface area contributed by atoms with Gasteiger partial charge in [0, 0.05) is 24.2 Å². The number of amides is 1. The number of nitrogens with zero attached hydrogens (tertiary/aromatic N) is 2. The van der Waals surface area contributed by atoms with Crippen molar-refractivity contribution in [1.29, 1.82) is 0 Å². The van der Waals surface area contributed by atoms with Crippen LogP contribution in [0.2, 0.25) is 0 Å². The number of fused-ring (bicyclic) bond motifs is 1. The predicted molar refractivity (Wildman–Crippen MR) is 78.1 cm³/mol. The average molecular weight is 295 g/mol. The summed E-state index contributed by atoms with van der Waals surface area (Å²) in [7, 11) is 1.92. The lowest BCUT2D eigenvalue weighted by atomic mass is 10.3. The molecule has 0 aliphatic heterocycles. The van der Waals surface area contributed by atoms with Crippen LogP contribution in [0.25, 0.3) is 4.96 Å². The van der Waals surface area contributed by atoms with Gasteiger partial charge in [0.1, 0.15) is 12.2 Å². The molecule has 0 bridgehead atoms. The molecule has 108 valence electrons. The fourth-order valence-corrected chi connectivity index (χ4v) is 2.69. The maximum atomic E-state index is 11.8. The minimum Gasteiger partial charge on any atom is -0.351 e. The van der Waals surface area contributed by atoms with Gasteiger partial charge in [0.2, 0.25) is 0 Å². The molecule has 0 aliphatic carbocycles.